The summed E-state index contributed by atoms with van der Waals surface area (Å²) in [6, 6.07) is 3.60. The van der Waals surface area contributed by atoms with Crippen molar-refractivity contribution in [1.29, 1.82) is 0 Å². The Hall–Kier alpha value is -1.64. The zero-order valence-corrected chi connectivity index (χ0v) is 15.5. The van der Waals surface area contributed by atoms with Gasteiger partial charge in [0.15, 0.2) is 6.61 Å². The topological polar surface area (TPSA) is 107 Å². The Kier molecular flexibility index (Phi) is 6.42. The standard InChI is InChI=1S/C16H21ClN2O5S/c1-2-7-19(9-11-3-4-11)15(20)10-24-16(21)12-5-6-13(17)14(8-12)25(18,22)23/h5-6,8,11H,2-4,7,9-10H2,1H3,(H2,18,22,23). The van der Waals surface area contributed by atoms with E-state index in [1.165, 1.54) is 12.1 Å². The minimum atomic E-state index is -4.06. The molecule has 0 aliphatic heterocycles. The maximum atomic E-state index is 12.2. The number of amides is 1. The molecule has 0 unspecified atom stereocenters. The van der Waals surface area contributed by atoms with Gasteiger partial charge in [-0.05, 0) is 43.4 Å². The van der Waals surface area contributed by atoms with Crippen molar-refractivity contribution in [3.05, 3.63) is 28.8 Å². The number of sulfonamides is 1. The average Bonchev–Trinajstić information content (AvgIpc) is 3.35. The summed E-state index contributed by atoms with van der Waals surface area (Å²) in [5, 5.41) is 4.96. The third-order valence-electron chi connectivity index (χ3n) is 3.82. The molecule has 0 aromatic heterocycles. The zero-order chi connectivity index (χ0) is 18.6. The summed E-state index contributed by atoms with van der Waals surface area (Å²) in [6.45, 7) is 2.88. The maximum absolute atomic E-state index is 12.2. The minimum absolute atomic E-state index is 0.0366. The normalized spacial score (nSPS) is 14.2. The van der Waals surface area contributed by atoms with E-state index in [4.69, 9.17) is 21.5 Å². The number of hydrogen-bond donors (Lipinski definition) is 1. The van der Waals surface area contributed by atoms with Crippen LogP contribution in [0.3, 0.4) is 0 Å². The molecular formula is C16H21ClN2O5S. The summed E-state index contributed by atoms with van der Waals surface area (Å²) >= 11 is 5.77. The molecule has 1 fully saturated rings. The van der Waals surface area contributed by atoms with Gasteiger partial charge in [0.1, 0.15) is 4.90 Å². The van der Waals surface area contributed by atoms with E-state index in [0.29, 0.717) is 19.0 Å². The molecule has 1 amide bonds. The first-order valence-electron chi connectivity index (χ1n) is 7.99. The molecule has 0 spiro atoms. The summed E-state index contributed by atoms with van der Waals surface area (Å²) in [7, 11) is -4.06. The molecule has 1 aromatic rings. The lowest BCUT2D eigenvalue weighted by Gasteiger charge is -2.21. The third-order valence-corrected chi connectivity index (χ3v) is 5.21. The molecule has 0 bridgehead atoms. The summed E-state index contributed by atoms with van der Waals surface area (Å²) < 4.78 is 27.9. The highest BCUT2D eigenvalue weighted by Gasteiger charge is 2.27. The Balaban J connectivity index is 2.00. The van der Waals surface area contributed by atoms with Crippen molar-refractivity contribution in [3.8, 4) is 0 Å². The fourth-order valence-electron chi connectivity index (χ4n) is 2.35. The molecule has 1 saturated carbocycles. The van der Waals surface area contributed by atoms with Gasteiger partial charge in [-0.2, -0.15) is 0 Å². The first-order chi connectivity index (χ1) is 11.7. The Morgan fingerprint density at radius 1 is 1.36 bits per heavy atom. The predicted molar refractivity (Wildman–Crippen MR) is 92.7 cm³/mol. The molecule has 0 radical (unpaired) electrons. The average molecular weight is 389 g/mol. The molecule has 0 atom stereocenters. The minimum Gasteiger partial charge on any atom is -0.452 e. The first kappa shape index (κ1) is 19.7. The predicted octanol–water partition coefficient (Wildman–Crippen LogP) is 1.79. The Morgan fingerprint density at radius 3 is 2.60 bits per heavy atom. The molecular weight excluding hydrogens is 368 g/mol. The summed E-state index contributed by atoms with van der Waals surface area (Å²) in [5.74, 6) is -0.527. The van der Waals surface area contributed by atoms with Crippen LogP contribution in [0.25, 0.3) is 0 Å². The number of halogens is 1. The van der Waals surface area contributed by atoms with Crippen molar-refractivity contribution in [3.63, 3.8) is 0 Å². The van der Waals surface area contributed by atoms with Gasteiger partial charge in [-0.3, -0.25) is 4.79 Å². The number of ether oxygens (including phenoxy) is 1. The van der Waals surface area contributed by atoms with E-state index >= 15 is 0 Å². The van der Waals surface area contributed by atoms with Crippen LogP contribution in [-0.4, -0.2) is 44.9 Å². The van der Waals surface area contributed by atoms with Crippen LogP contribution in [-0.2, 0) is 19.6 Å². The van der Waals surface area contributed by atoms with Gasteiger partial charge in [0.05, 0.1) is 10.6 Å². The van der Waals surface area contributed by atoms with E-state index in [2.05, 4.69) is 0 Å². The van der Waals surface area contributed by atoms with E-state index in [-0.39, 0.29) is 28.0 Å². The number of rotatable bonds is 8. The molecule has 9 heteroatoms. The van der Waals surface area contributed by atoms with Gasteiger partial charge in [-0.15, -0.1) is 0 Å². The van der Waals surface area contributed by atoms with Crippen molar-refractivity contribution in [2.75, 3.05) is 19.7 Å². The Morgan fingerprint density at radius 2 is 2.04 bits per heavy atom. The second-order valence-electron chi connectivity index (χ2n) is 6.05. The number of esters is 1. The molecule has 1 aliphatic carbocycles. The smallest absolute Gasteiger partial charge is 0.338 e. The van der Waals surface area contributed by atoms with Crippen LogP contribution in [0.15, 0.2) is 23.1 Å². The largest absolute Gasteiger partial charge is 0.452 e. The fourth-order valence-corrected chi connectivity index (χ4v) is 3.42. The lowest BCUT2D eigenvalue weighted by molar-refractivity contribution is -0.134. The lowest BCUT2D eigenvalue weighted by Crippen LogP contribution is -2.36. The van der Waals surface area contributed by atoms with Gasteiger partial charge in [0.2, 0.25) is 10.0 Å². The van der Waals surface area contributed by atoms with E-state index in [1.807, 2.05) is 6.92 Å². The number of hydrogen-bond acceptors (Lipinski definition) is 5. The van der Waals surface area contributed by atoms with E-state index < -0.39 is 16.0 Å². The van der Waals surface area contributed by atoms with Gasteiger partial charge in [-0.25, -0.2) is 18.4 Å². The van der Waals surface area contributed by atoms with Crippen LogP contribution in [0, 0.1) is 5.92 Å². The van der Waals surface area contributed by atoms with Gasteiger partial charge >= 0.3 is 5.97 Å². The fraction of sp³-hybridized carbons (Fsp3) is 0.500. The monoisotopic (exact) mass is 388 g/mol. The van der Waals surface area contributed by atoms with Gasteiger partial charge in [0, 0.05) is 13.1 Å². The maximum Gasteiger partial charge on any atom is 0.338 e. The van der Waals surface area contributed by atoms with Gasteiger partial charge in [-0.1, -0.05) is 18.5 Å². The number of nitrogens with zero attached hydrogens (tertiary/aromatic N) is 1. The van der Waals surface area contributed by atoms with Crippen LogP contribution >= 0.6 is 11.6 Å². The summed E-state index contributed by atoms with van der Waals surface area (Å²) in [4.78, 5) is 25.6. The molecule has 0 saturated heterocycles. The highest BCUT2D eigenvalue weighted by molar-refractivity contribution is 7.89. The molecule has 138 valence electrons. The number of carbonyl (C=O) groups is 2. The molecule has 1 aromatic carbocycles. The Bertz CT molecular complexity index is 762. The van der Waals surface area contributed by atoms with Crippen molar-refractivity contribution in [2.45, 2.75) is 31.1 Å². The van der Waals surface area contributed by atoms with Crippen LogP contribution < -0.4 is 5.14 Å². The quantitative estimate of drug-likeness (QED) is 0.683. The first-order valence-corrected chi connectivity index (χ1v) is 9.92. The Labute approximate surface area is 152 Å². The molecule has 2 rings (SSSR count). The van der Waals surface area contributed by atoms with E-state index in [0.717, 1.165) is 25.3 Å². The second-order valence-corrected chi connectivity index (χ2v) is 7.99. The van der Waals surface area contributed by atoms with E-state index in [1.54, 1.807) is 4.90 Å². The van der Waals surface area contributed by atoms with E-state index in [9.17, 15) is 18.0 Å². The molecule has 1 aliphatic rings. The summed E-state index contributed by atoms with van der Waals surface area (Å²) in [6.07, 6.45) is 3.06. The van der Waals surface area contributed by atoms with Crippen LogP contribution in [0.4, 0.5) is 0 Å². The van der Waals surface area contributed by atoms with Crippen molar-refractivity contribution < 1.29 is 22.7 Å². The number of primary sulfonamides is 1. The SMILES string of the molecule is CCCN(CC1CC1)C(=O)COC(=O)c1ccc(Cl)c(S(N)(=O)=O)c1. The molecule has 2 N–H and O–H groups in total. The second kappa shape index (κ2) is 8.16. The van der Waals surface area contributed by atoms with Crippen molar-refractivity contribution in [1.82, 2.24) is 4.90 Å². The van der Waals surface area contributed by atoms with Crippen LogP contribution in [0.2, 0.25) is 5.02 Å². The zero-order valence-electron chi connectivity index (χ0n) is 13.9. The molecule has 0 heterocycles. The molecule has 7 nitrogen and oxygen atoms in total. The summed E-state index contributed by atoms with van der Waals surface area (Å²) in [5.41, 5.74) is -0.0366. The highest BCUT2D eigenvalue weighted by atomic mass is 35.5. The van der Waals surface area contributed by atoms with Crippen LogP contribution in [0.1, 0.15) is 36.5 Å². The number of nitrogens with two attached hydrogens (primary N) is 1. The third kappa shape index (κ3) is 5.69. The number of carbonyl (C=O) groups excluding carboxylic acids is 2. The van der Waals surface area contributed by atoms with Gasteiger partial charge in [0.25, 0.3) is 5.91 Å². The van der Waals surface area contributed by atoms with Crippen molar-refractivity contribution in [2.24, 2.45) is 11.1 Å². The highest BCUT2D eigenvalue weighted by Crippen LogP contribution is 2.29. The lowest BCUT2D eigenvalue weighted by atomic mass is 10.2. The van der Waals surface area contributed by atoms with Crippen molar-refractivity contribution >= 4 is 33.5 Å². The number of benzene rings is 1. The van der Waals surface area contributed by atoms with Crippen LogP contribution in [0.5, 0.6) is 0 Å². The van der Waals surface area contributed by atoms with Gasteiger partial charge < -0.3 is 9.64 Å². The molecule has 25 heavy (non-hydrogen) atoms.